The van der Waals surface area contributed by atoms with Crippen LogP contribution in [-0.2, 0) is 15.9 Å². The molecular formula is C22H22O2. The van der Waals surface area contributed by atoms with E-state index in [-0.39, 0.29) is 6.29 Å². The number of hydrogen-bond acceptors (Lipinski definition) is 2. The van der Waals surface area contributed by atoms with E-state index in [0.29, 0.717) is 0 Å². The van der Waals surface area contributed by atoms with Gasteiger partial charge in [-0.2, -0.15) is 0 Å². The topological polar surface area (TPSA) is 18.5 Å². The highest BCUT2D eigenvalue weighted by Crippen LogP contribution is 2.29. The standard InChI is InChI=1S/C22H22O2/c1-3-10-19-17(8-1)16-18-9-2-4-11-20(18)21(19)12-7-15-24-22-13-5-6-14-23-22/h1-4,7-11,15-16,22H,5-6,12-14H2/b15-7-. The maximum Gasteiger partial charge on any atom is 0.198 e. The molecule has 1 heterocycles. The van der Waals surface area contributed by atoms with E-state index in [1.807, 2.05) is 6.26 Å². The number of allylic oxidation sites excluding steroid dienone is 1. The predicted molar refractivity (Wildman–Crippen MR) is 99.0 cm³/mol. The third-order valence-corrected chi connectivity index (χ3v) is 4.67. The van der Waals surface area contributed by atoms with E-state index >= 15 is 0 Å². The average molecular weight is 318 g/mol. The lowest BCUT2D eigenvalue weighted by Gasteiger charge is -2.21. The van der Waals surface area contributed by atoms with Gasteiger partial charge in [0.1, 0.15) is 0 Å². The molecule has 4 rings (SSSR count). The summed E-state index contributed by atoms with van der Waals surface area (Å²) in [5.41, 5.74) is 1.35. The van der Waals surface area contributed by atoms with E-state index in [0.717, 1.165) is 25.9 Å². The van der Waals surface area contributed by atoms with E-state index < -0.39 is 0 Å². The molecule has 2 nitrogen and oxygen atoms in total. The largest absolute Gasteiger partial charge is 0.473 e. The van der Waals surface area contributed by atoms with Crippen LogP contribution in [0.2, 0.25) is 0 Å². The lowest BCUT2D eigenvalue weighted by Crippen LogP contribution is -2.19. The van der Waals surface area contributed by atoms with Crippen LogP contribution in [0.1, 0.15) is 24.8 Å². The van der Waals surface area contributed by atoms with Crippen LogP contribution >= 0.6 is 0 Å². The minimum absolute atomic E-state index is 0.0701. The van der Waals surface area contributed by atoms with Gasteiger partial charge < -0.3 is 9.47 Å². The fourth-order valence-electron chi connectivity index (χ4n) is 3.46. The quantitative estimate of drug-likeness (QED) is 0.461. The smallest absolute Gasteiger partial charge is 0.198 e. The van der Waals surface area contributed by atoms with Gasteiger partial charge in [-0.05, 0) is 58.5 Å². The van der Waals surface area contributed by atoms with Crippen LogP contribution in [0.3, 0.4) is 0 Å². The monoisotopic (exact) mass is 318 g/mol. The van der Waals surface area contributed by atoms with E-state index in [1.54, 1.807) is 0 Å². The third kappa shape index (κ3) is 3.15. The summed E-state index contributed by atoms with van der Waals surface area (Å²) in [6, 6.07) is 19.5. The summed E-state index contributed by atoms with van der Waals surface area (Å²) in [7, 11) is 0. The number of benzene rings is 3. The molecule has 24 heavy (non-hydrogen) atoms. The first-order valence-corrected chi connectivity index (χ1v) is 8.73. The fourth-order valence-corrected chi connectivity index (χ4v) is 3.46. The Hall–Kier alpha value is -2.32. The van der Waals surface area contributed by atoms with Crippen LogP contribution in [0.4, 0.5) is 0 Å². The van der Waals surface area contributed by atoms with E-state index in [4.69, 9.17) is 9.47 Å². The molecule has 0 bridgehead atoms. The summed E-state index contributed by atoms with van der Waals surface area (Å²) in [5, 5.41) is 5.21. The maximum atomic E-state index is 5.73. The zero-order valence-electron chi connectivity index (χ0n) is 13.8. The Bertz CT molecular complexity index is 806. The molecule has 1 aliphatic rings. The highest BCUT2D eigenvalue weighted by atomic mass is 16.7. The van der Waals surface area contributed by atoms with E-state index in [1.165, 1.54) is 33.5 Å². The molecular weight excluding hydrogens is 296 g/mol. The van der Waals surface area contributed by atoms with Gasteiger partial charge in [0.15, 0.2) is 6.29 Å². The average Bonchev–Trinajstić information content (AvgIpc) is 2.65. The van der Waals surface area contributed by atoms with E-state index in [9.17, 15) is 0 Å². The molecule has 122 valence electrons. The number of fused-ring (bicyclic) bond motifs is 2. The number of hydrogen-bond donors (Lipinski definition) is 0. The van der Waals surface area contributed by atoms with Gasteiger partial charge in [0.05, 0.1) is 12.9 Å². The summed E-state index contributed by atoms with van der Waals surface area (Å²) in [6.07, 6.45) is 8.02. The lowest BCUT2D eigenvalue weighted by molar-refractivity contribution is -0.129. The van der Waals surface area contributed by atoms with Crippen molar-refractivity contribution in [2.45, 2.75) is 32.0 Å². The predicted octanol–water partition coefficient (Wildman–Crippen LogP) is 5.59. The molecule has 0 aliphatic carbocycles. The van der Waals surface area contributed by atoms with Crippen molar-refractivity contribution in [2.75, 3.05) is 6.61 Å². The van der Waals surface area contributed by atoms with Crippen molar-refractivity contribution >= 4 is 21.5 Å². The van der Waals surface area contributed by atoms with Crippen molar-refractivity contribution in [3.63, 3.8) is 0 Å². The van der Waals surface area contributed by atoms with Crippen molar-refractivity contribution < 1.29 is 9.47 Å². The molecule has 3 aromatic rings. The maximum absolute atomic E-state index is 5.73. The first kappa shape index (κ1) is 15.2. The van der Waals surface area contributed by atoms with Crippen LogP contribution < -0.4 is 0 Å². The Kier molecular flexibility index (Phi) is 4.48. The molecule has 2 heteroatoms. The SMILES string of the molecule is C(=C/OC1CCCCO1)/Cc1c2ccccc2cc2ccccc12. The summed E-state index contributed by atoms with van der Waals surface area (Å²) >= 11 is 0. The van der Waals surface area contributed by atoms with Gasteiger partial charge in [-0.25, -0.2) is 0 Å². The Morgan fingerprint density at radius 2 is 1.67 bits per heavy atom. The Morgan fingerprint density at radius 3 is 2.33 bits per heavy atom. The Labute approximate surface area is 142 Å². The first-order valence-electron chi connectivity index (χ1n) is 8.73. The fraction of sp³-hybridized carbons (Fsp3) is 0.273. The second-order valence-electron chi connectivity index (χ2n) is 6.31. The molecule has 1 unspecified atom stereocenters. The van der Waals surface area contributed by atoms with Crippen LogP contribution in [0.5, 0.6) is 0 Å². The molecule has 0 radical (unpaired) electrons. The second-order valence-corrected chi connectivity index (χ2v) is 6.31. The van der Waals surface area contributed by atoms with Crippen LogP contribution in [0.25, 0.3) is 21.5 Å². The van der Waals surface area contributed by atoms with Crippen LogP contribution in [-0.4, -0.2) is 12.9 Å². The normalized spacial score (nSPS) is 18.4. The van der Waals surface area contributed by atoms with Gasteiger partial charge in [-0.15, -0.1) is 0 Å². The summed E-state index contributed by atoms with van der Waals surface area (Å²) < 4.78 is 11.3. The minimum atomic E-state index is -0.0701. The summed E-state index contributed by atoms with van der Waals surface area (Å²) in [4.78, 5) is 0. The van der Waals surface area contributed by atoms with Crippen LogP contribution in [0.15, 0.2) is 66.9 Å². The van der Waals surface area contributed by atoms with Gasteiger partial charge in [-0.3, -0.25) is 0 Å². The number of rotatable bonds is 4. The molecule has 1 saturated heterocycles. The molecule has 1 atom stereocenters. The third-order valence-electron chi connectivity index (χ3n) is 4.67. The lowest BCUT2D eigenvalue weighted by atomic mass is 9.95. The molecule has 0 saturated carbocycles. The van der Waals surface area contributed by atoms with Gasteiger partial charge in [-0.1, -0.05) is 48.5 Å². The molecule has 1 aliphatic heterocycles. The van der Waals surface area contributed by atoms with Crippen molar-refractivity contribution in [3.8, 4) is 0 Å². The zero-order chi connectivity index (χ0) is 16.2. The molecule has 0 N–H and O–H groups in total. The second kappa shape index (κ2) is 7.06. The van der Waals surface area contributed by atoms with Gasteiger partial charge in [0.25, 0.3) is 0 Å². The molecule has 0 aromatic heterocycles. The van der Waals surface area contributed by atoms with Crippen molar-refractivity contribution in [2.24, 2.45) is 0 Å². The van der Waals surface area contributed by atoms with Gasteiger partial charge >= 0.3 is 0 Å². The zero-order valence-corrected chi connectivity index (χ0v) is 13.8. The highest BCUT2D eigenvalue weighted by Gasteiger charge is 2.12. The summed E-state index contributed by atoms with van der Waals surface area (Å²) in [5.74, 6) is 0. The minimum Gasteiger partial charge on any atom is -0.473 e. The van der Waals surface area contributed by atoms with Crippen molar-refractivity contribution in [3.05, 3.63) is 72.5 Å². The molecule has 3 aromatic carbocycles. The Balaban J connectivity index is 1.61. The van der Waals surface area contributed by atoms with Gasteiger partial charge in [0, 0.05) is 6.42 Å². The van der Waals surface area contributed by atoms with Crippen molar-refractivity contribution in [1.29, 1.82) is 0 Å². The van der Waals surface area contributed by atoms with Crippen molar-refractivity contribution in [1.82, 2.24) is 0 Å². The first-order chi connectivity index (χ1) is 11.9. The highest BCUT2D eigenvalue weighted by molar-refractivity contribution is 6.02. The molecule has 1 fully saturated rings. The van der Waals surface area contributed by atoms with E-state index in [2.05, 4.69) is 60.7 Å². The Morgan fingerprint density at radius 1 is 0.958 bits per heavy atom. The molecule has 0 spiro atoms. The summed E-state index contributed by atoms with van der Waals surface area (Å²) in [6.45, 7) is 0.812. The number of ether oxygens (including phenoxy) is 2. The van der Waals surface area contributed by atoms with Gasteiger partial charge in [0.2, 0.25) is 0 Å². The van der Waals surface area contributed by atoms with Crippen LogP contribution in [0, 0.1) is 0 Å². The molecule has 0 amide bonds.